The fourth-order valence-electron chi connectivity index (χ4n) is 2.11. The zero-order valence-electron chi connectivity index (χ0n) is 11.8. The van der Waals surface area contributed by atoms with Crippen molar-refractivity contribution in [2.24, 2.45) is 0 Å². The average Bonchev–Trinajstić information content (AvgIpc) is 2.78. The molecule has 21 heavy (non-hydrogen) atoms. The molecule has 1 aromatic rings. The van der Waals surface area contributed by atoms with Crippen molar-refractivity contribution < 1.29 is 19.1 Å². The summed E-state index contributed by atoms with van der Waals surface area (Å²) < 4.78 is 4.68. The molecule has 0 aromatic heterocycles. The smallest absolute Gasteiger partial charge is 0.339 e. The second-order valence-electron chi connectivity index (χ2n) is 4.44. The van der Waals surface area contributed by atoms with Crippen LogP contribution in [0.15, 0.2) is 48.1 Å². The topological polar surface area (TPSA) is 63.7 Å². The summed E-state index contributed by atoms with van der Waals surface area (Å²) in [5.41, 5.74) is 0.843. The van der Waals surface area contributed by atoms with Crippen molar-refractivity contribution in [3.05, 3.63) is 53.6 Å². The Morgan fingerprint density at radius 2 is 2.00 bits per heavy atom. The van der Waals surface area contributed by atoms with Gasteiger partial charge in [0.25, 0.3) is 5.91 Å². The molecule has 1 aliphatic heterocycles. The van der Waals surface area contributed by atoms with Gasteiger partial charge in [-0.2, -0.15) is 0 Å². The molecule has 0 atom stereocenters. The molecular formula is C16H15NO4. The number of benzene rings is 1. The molecule has 5 heteroatoms. The number of para-hydroxylation sites is 1. The Kier molecular flexibility index (Phi) is 4.33. The summed E-state index contributed by atoms with van der Waals surface area (Å²) >= 11 is 0. The Morgan fingerprint density at radius 1 is 1.29 bits per heavy atom. The van der Waals surface area contributed by atoms with Crippen molar-refractivity contribution in [1.82, 2.24) is 0 Å². The Balaban J connectivity index is 2.46. The van der Waals surface area contributed by atoms with Crippen molar-refractivity contribution in [3.8, 4) is 0 Å². The van der Waals surface area contributed by atoms with E-state index in [0.717, 1.165) is 4.90 Å². The predicted molar refractivity (Wildman–Crippen MR) is 77.8 cm³/mol. The van der Waals surface area contributed by atoms with E-state index in [1.54, 1.807) is 36.4 Å². The van der Waals surface area contributed by atoms with Crippen LogP contribution in [0.3, 0.4) is 0 Å². The molecule has 1 heterocycles. The number of carbonyl (C=O) groups excluding carboxylic acids is 3. The summed E-state index contributed by atoms with van der Waals surface area (Å²) in [5.74, 6) is -1.35. The van der Waals surface area contributed by atoms with Crippen LogP contribution in [0.1, 0.15) is 23.7 Å². The van der Waals surface area contributed by atoms with E-state index in [9.17, 15) is 14.4 Å². The van der Waals surface area contributed by atoms with E-state index in [1.807, 2.05) is 6.92 Å². The number of rotatable bonds is 3. The highest BCUT2D eigenvalue weighted by Gasteiger charge is 2.36. The van der Waals surface area contributed by atoms with Crippen molar-refractivity contribution in [1.29, 1.82) is 0 Å². The lowest BCUT2D eigenvalue weighted by Gasteiger charge is -2.16. The number of hydrogen-bond donors (Lipinski definition) is 0. The third kappa shape index (κ3) is 2.76. The van der Waals surface area contributed by atoms with Gasteiger partial charge < -0.3 is 4.74 Å². The lowest BCUT2D eigenvalue weighted by molar-refractivity contribution is -0.120. The second-order valence-corrected chi connectivity index (χ2v) is 4.44. The van der Waals surface area contributed by atoms with Crippen molar-refractivity contribution >= 4 is 23.5 Å². The van der Waals surface area contributed by atoms with E-state index in [4.69, 9.17) is 0 Å². The largest absolute Gasteiger partial charge is 0.465 e. The number of carbonyl (C=O) groups is 3. The molecule has 1 aromatic carbocycles. The van der Waals surface area contributed by atoms with E-state index in [2.05, 4.69) is 4.74 Å². The molecule has 0 bridgehead atoms. The van der Waals surface area contributed by atoms with Crippen molar-refractivity contribution in [2.45, 2.75) is 13.3 Å². The van der Waals surface area contributed by atoms with Gasteiger partial charge >= 0.3 is 5.97 Å². The first-order valence-corrected chi connectivity index (χ1v) is 6.46. The van der Waals surface area contributed by atoms with Gasteiger partial charge in [0.2, 0.25) is 5.91 Å². The van der Waals surface area contributed by atoms with Gasteiger partial charge in [0.15, 0.2) is 0 Å². The van der Waals surface area contributed by atoms with Gasteiger partial charge in [-0.3, -0.25) is 9.59 Å². The lowest BCUT2D eigenvalue weighted by Crippen LogP contribution is -2.30. The molecule has 0 radical (unpaired) electrons. The molecule has 108 valence electrons. The number of imide groups is 1. The van der Waals surface area contributed by atoms with E-state index in [1.165, 1.54) is 13.2 Å². The Bertz CT molecular complexity index is 658. The number of anilines is 1. The summed E-state index contributed by atoms with van der Waals surface area (Å²) in [6.45, 7) is 1.82. The van der Waals surface area contributed by atoms with Crippen LogP contribution < -0.4 is 4.90 Å². The van der Waals surface area contributed by atoms with Gasteiger partial charge in [0, 0.05) is 5.57 Å². The number of allylic oxidation sites excluding steroid dienone is 3. The van der Waals surface area contributed by atoms with Gasteiger partial charge in [0.1, 0.15) is 0 Å². The Hall–Kier alpha value is -2.69. The summed E-state index contributed by atoms with van der Waals surface area (Å²) in [4.78, 5) is 37.2. The van der Waals surface area contributed by atoms with E-state index in [0.29, 0.717) is 5.57 Å². The maximum Gasteiger partial charge on any atom is 0.339 e. The fraction of sp³-hybridized carbons (Fsp3) is 0.188. The van der Waals surface area contributed by atoms with E-state index >= 15 is 0 Å². The predicted octanol–water partition coefficient (Wildman–Crippen LogP) is 2.24. The molecule has 0 spiro atoms. The maximum atomic E-state index is 12.3. The van der Waals surface area contributed by atoms with Gasteiger partial charge in [-0.1, -0.05) is 30.4 Å². The van der Waals surface area contributed by atoms with E-state index < -0.39 is 11.9 Å². The standard InChI is InChI=1S/C16H15NO4/c1-3-4-7-11-10-14(18)17(15(11)19)13-9-6-5-8-12(13)16(20)21-2/h3-9H,10H2,1-2H3. The summed E-state index contributed by atoms with van der Waals surface area (Å²) in [7, 11) is 1.25. The highest BCUT2D eigenvalue weighted by molar-refractivity contribution is 6.29. The maximum absolute atomic E-state index is 12.3. The third-order valence-electron chi connectivity index (χ3n) is 3.11. The SMILES string of the molecule is CC=CC=C1CC(=O)N(c2ccccc2C(=O)OC)C1=O. The fourth-order valence-corrected chi connectivity index (χ4v) is 2.11. The number of hydrogen-bond acceptors (Lipinski definition) is 4. The molecule has 2 amide bonds. The van der Waals surface area contributed by atoms with Crippen LogP contribution in [0.2, 0.25) is 0 Å². The number of esters is 1. The molecule has 0 N–H and O–H groups in total. The summed E-state index contributed by atoms with van der Waals surface area (Å²) in [6.07, 6.45) is 5.12. The van der Waals surface area contributed by atoms with Crippen molar-refractivity contribution in [3.63, 3.8) is 0 Å². The minimum Gasteiger partial charge on any atom is -0.465 e. The zero-order chi connectivity index (χ0) is 15.4. The first kappa shape index (κ1) is 14.7. The minimum atomic E-state index is -0.586. The first-order chi connectivity index (χ1) is 10.1. The Morgan fingerprint density at radius 3 is 2.67 bits per heavy atom. The molecule has 0 saturated carbocycles. The molecule has 2 rings (SSSR count). The molecular weight excluding hydrogens is 270 g/mol. The molecule has 0 aliphatic carbocycles. The number of ether oxygens (including phenoxy) is 1. The van der Waals surface area contributed by atoms with Crippen molar-refractivity contribution in [2.75, 3.05) is 12.0 Å². The van der Waals surface area contributed by atoms with Crippen LogP contribution in [-0.2, 0) is 14.3 Å². The Labute approximate surface area is 122 Å². The third-order valence-corrected chi connectivity index (χ3v) is 3.11. The van der Waals surface area contributed by atoms with Crippen LogP contribution in [0.5, 0.6) is 0 Å². The van der Waals surface area contributed by atoms with Gasteiger partial charge in [-0.05, 0) is 19.1 Å². The highest BCUT2D eigenvalue weighted by Crippen LogP contribution is 2.29. The molecule has 5 nitrogen and oxygen atoms in total. The van der Waals surface area contributed by atoms with Crippen LogP contribution in [0.4, 0.5) is 5.69 Å². The summed E-state index contributed by atoms with van der Waals surface area (Å²) in [6, 6.07) is 6.39. The van der Waals surface area contributed by atoms with Crippen LogP contribution in [-0.4, -0.2) is 24.9 Å². The first-order valence-electron chi connectivity index (χ1n) is 6.46. The van der Waals surface area contributed by atoms with E-state index in [-0.39, 0.29) is 23.6 Å². The van der Waals surface area contributed by atoms with Gasteiger partial charge in [0.05, 0.1) is 24.8 Å². The van der Waals surface area contributed by atoms with Crippen LogP contribution in [0, 0.1) is 0 Å². The number of amides is 2. The second kappa shape index (κ2) is 6.17. The highest BCUT2D eigenvalue weighted by atomic mass is 16.5. The average molecular weight is 285 g/mol. The quantitative estimate of drug-likeness (QED) is 0.485. The number of methoxy groups -OCH3 is 1. The summed E-state index contributed by atoms with van der Waals surface area (Å²) in [5, 5.41) is 0. The molecule has 1 fully saturated rings. The monoisotopic (exact) mass is 285 g/mol. The zero-order valence-corrected chi connectivity index (χ0v) is 11.8. The number of nitrogens with zero attached hydrogens (tertiary/aromatic N) is 1. The lowest BCUT2D eigenvalue weighted by atomic mass is 10.1. The van der Waals surface area contributed by atoms with Gasteiger partial charge in [-0.15, -0.1) is 0 Å². The van der Waals surface area contributed by atoms with Gasteiger partial charge in [-0.25, -0.2) is 9.69 Å². The minimum absolute atomic E-state index is 0.0265. The normalized spacial score (nSPS) is 17.0. The van der Waals surface area contributed by atoms with Crippen LogP contribution >= 0.6 is 0 Å². The van der Waals surface area contributed by atoms with Crippen LogP contribution in [0.25, 0.3) is 0 Å². The molecule has 0 unspecified atom stereocenters. The molecule has 1 aliphatic rings. The molecule has 1 saturated heterocycles.